The zero-order valence-electron chi connectivity index (χ0n) is 23.4. The topological polar surface area (TPSA) is 20.2 Å². The van der Waals surface area contributed by atoms with Crippen molar-refractivity contribution in [1.82, 2.24) is 0 Å². The second-order valence-corrected chi connectivity index (χ2v) is 14.5. The molecule has 1 N–H and O–H groups in total. The molecule has 0 spiro atoms. The van der Waals surface area contributed by atoms with Crippen LogP contribution < -0.4 is 0 Å². The van der Waals surface area contributed by atoms with Gasteiger partial charge in [0.15, 0.2) is 0 Å². The molecule has 3 fully saturated rings. The Labute approximate surface area is 206 Å². The van der Waals surface area contributed by atoms with Crippen LogP contribution in [-0.4, -0.2) is 11.2 Å². The Kier molecular flexibility index (Phi) is 7.26. The van der Waals surface area contributed by atoms with Crippen molar-refractivity contribution in [3.63, 3.8) is 0 Å². The molecule has 33 heavy (non-hydrogen) atoms. The second-order valence-electron chi connectivity index (χ2n) is 14.5. The Balaban J connectivity index is 1.47. The van der Waals surface area contributed by atoms with Gasteiger partial charge in [0.2, 0.25) is 0 Å². The van der Waals surface area contributed by atoms with Gasteiger partial charge in [0.05, 0.1) is 6.10 Å². The maximum absolute atomic E-state index is 10.8. The molecule has 0 aromatic carbocycles. The monoisotopic (exact) mass is 456 g/mol. The molecule has 9 atom stereocenters. The minimum Gasteiger partial charge on any atom is -0.392 e. The van der Waals surface area contributed by atoms with Crippen molar-refractivity contribution in [3.8, 4) is 0 Å². The van der Waals surface area contributed by atoms with E-state index < -0.39 is 0 Å². The minimum absolute atomic E-state index is 0.0439. The first-order valence-electron chi connectivity index (χ1n) is 14.9. The van der Waals surface area contributed by atoms with Crippen molar-refractivity contribution in [2.45, 2.75) is 132 Å². The maximum atomic E-state index is 10.8. The smallest absolute Gasteiger partial charge is 0.0628 e. The van der Waals surface area contributed by atoms with Gasteiger partial charge < -0.3 is 5.11 Å². The molecule has 0 radical (unpaired) electrons. The minimum atomic E-state index is -0.165. The normalized spacial score (nSPS) is 43.9. The van der Waals surface area contributed by atoms with Gasteiger partial charge in [0.1, 0.15) is 0 Å². The highest BCUT2D eigenvalue weighted by Crippen LogP contribution is 2.69. The van der Waals surface area contributed by atoms with Gasteiger partial charge >= 0.3 is 0 Å². The van der Waals surface area contributed by atoms with Crippen LogP contribution in [0.1, 0.15) is 126 Å². The number of aliphatic hydroxyl groups is 1. The lowest BCUT2D eigenvalue weighted by atomic mass is 9.44. The molecule has 0 bridgehead atoms. The van der Waals surface area contributed by atoms with Crippen LogP contribution in [0.2, 0.25) is 0 Å². The fourth-order valence-electron chi connectivity index (χ4n) is 10.3. The van der Waals surface area contributed by atoms with Crippen LogP contribution in [0.3, 0.4) is 0 Å². The summed E-state index contributed by atoms with van der Waals surface area (Å²) in [5, 5.41) is 10.8. The van der Waals surface area contributed by atoms with E-state index in [1.807, 2.05) is 0 Å². The number of hydrogen-bond acceptors (Lipinski definition) is 1. The molecular weight excluding hydrogens is 400 g/mol. The summed E-state index contributed by atoms with van der Waals surface area (Å²) in [6.07, 6.45) is 17.4. The van der Waals surface area contributed by atoms with Crippen LogP contribution in [0, 0.1) is 57.7 Å². The first kappa shape index (κ1) is 25.8. The number of aliphatic hydroxyl groups excluding tert-OH is 1. The van der Waals surface area contributed by atoms with Crippen molar-refractivity contribution >= 4 is 0 Å². The molecule has 0 aliphatic heterocycles. The Morgan fingerprint density at radius 3 is 2.33 bits per heavy atom. The van der Waals surface area contributed by atoms with Gasteiger partial charge in [-0.2, -0.15) is 0 Å². The van der Waals surface area contributed by atoms with E-state index in [2.05, 4.69) is 61.5 Å². The van der Waals surface area contributed by atoms with E-state index in [-0.39, 0.29) is 11.5 Å². The Morgan fingerprint density at radius 2 is 1.67 bits per heavy atom. The fraction of sp³-hybridized carbons (Fsp3) is 0.938. The van der Waals surface area contributed by atoms with E-state index in [0.29, 0.717) is 10.8 Å². The average molecular weight is 457 g/mol. The van der Waals surface area contributed by atoms with Crippen LogP contribution in [0.25, 0.3) is 0 Å². The maximum Gasteiger partial charge on any atom is 0.0628 e. The van der Waals surface area contributed by atoms with Gasteiger partial charge in [0.25, 0.3) is 0 Å². The van der Waals surface area contributed by atoms with Crippen molar-refractivity contribution in [2.24, 2.45) is 57.7 Å². The number of allylic oxidation sites excluding steroid dienone is 1. The summed E-state index contributed by atoms with van der Waals surface area (Å²) in [5.74, 6) is 6.22. The summed E-state index contributed by atoms with van der Waals surface area (Å²) in [7, 11) is 0. The summed E-state index contributed by atoms with van der Waals surface area (Å²) < 4.78 is 0. The Morgan fingerprint density at radius 1 is 0.939 bits per heavy atom. The lowest BCUT2D eigenvalue weighted by Gasteiger charge is -2.61. The summed E-state index contributed by atoms with van der Waals surface area (Å²) >= 11 is 0. The third-order valence-electron chi connectivity index (χ3n) is 12.4. The molecule has 3 saturated carbocycles. The Bertz CT molecular complexity index is 718. The first-order chi connectivity index (χ1) is 15.5. The lowest BCUT2D eigenvalue weighted by Crippen LogP contribution is -2.54. The fourth-order valence-corrected chi connectivity index (χ4v) is 10.3. The highest BCUT2D eigenvalue weighted by Gasteiger charge is 2.61. The molecule has 0 aromatic heterocycles. The summed E-state index contributed by atoms with van der Waals surface area (Å²) in [5.41, 5.74) is 2.45. The molecule has 0 saturated heterocycles. The first-order valence-corrected chi connectivity index (χ1v) is 14.9. The lowest BCUT2D eigenvalue weighted by molar-refractivity contribution is -0.0782. The predicted octanol–water partition coefficient (Wildman–Crippen LogP) is 9.05. The van der Waals surface area contributed by atoms with E-state index in [4.69, 9.17) is 0 Å². The van der Waals surface area contributed by atoms with Gasteiger partial charge in [-0.05, 0) is 97.2 Å². The zero-order valence-corrected chi connectivity index (χ0v) is 23.4. The van der Waals surface area contributed by atoms with Crippen molar-refractivity contribution in [2.75, 3.05) is 0 Å². The molecular formula is C32H56O. The van der Waals surface area contributed by atoms with Crippen LogP contribution in [0.4, 0.5) is 0 Å². The van der Waals surface area contributed by atoms with Crippen LogP contribution >= 0.6 is 0 Å². The molecule has 190 valence electrons. The Hall–Kier alpha value is -0.300. The van der Waals surface area contributed by atoms with E-state index in [0.717, 1.165) is 47.8 Å². The SMILES string of the molecule is CC[C@H](CCCC(C)[C@H]1CC[C@H]2[C@@H]3CC=C4C(C)(C)[C@@H](O)CC[C@]4(C)[C@H]3CC[C@]12C)C(C)C. The molecule has 1 nitrogen and oxygen atoms in total. The molecule has 0 heterocycles. The molecule has 0 aromatic rings. The van der Waals surface area contributed by atoms with Crippen molar-refractivity contribution in [1.29, 1.82) is 0 Å². The van der Waals surface area contributed by atoms with Gasteiger partial charge in [-0.15, -0.1) is 0 Å². The number of rotatable bonds is 7. The van der Waals surface area contributed by atoms with Crippen molar-refractivity contribution < 1.29 is 5.11 Å². The molecule has 4 rings (SSSR count). The average Bonchev–Trinajstić information content (AvgIpc) is 3.11. The van der Waals surface area contributed by atoms with Gasteiger partial charge in [0, 0.05) is 5.41 Å². The molecule has 4 aliphatic carbocycles. The van der Waals surface area contributed by atoms with Crippen LogP contribution in [-0.2, 0) is 0 Å². The summed E-state index contributed by atoms with van der Waals surface area (Å²) in [6, 6.07) is 0. The van der Waals surface area contributed by atoms with Gasteiger partial charge in [-0.25, -0.2) is 0 Å². The zero-order chi connectivity index (χ0) is 24.2. The van der Waals surface area contributed by atoms with Gasteiger partial charge in [-0.3, -0.25) is 0 Å². The largest absolute Gasteiger partial charge is 0.392 e. The van der Waals surface area contributed by atoms with Crippen LogP contribution in [0.15, 0.2) is 11.6 Å². The molecule has 4 aliphatic rings. The predicted molar refractivity (Wildman–Crippen MR) is 142 cm³/mol. The second kappa shape index (κ2) is 9.29. The standard InChI is InChI=1S/C32H56O/c1-9-23(21(2)3)12-10-11-22(4)25-14-15-26-24-13-16-28-30(5,6)29(33)18-20-32(28,8)27(24)17-19-31(25,26)7/h16,21-27,29,33H,9-15,17-20H2,1-8H3/t22?,23-,24+,25-,26+,27+,29+,31-,32-/m1/s1. The van der Waals surface area contributed by atoms with E-state index in [9.17, 15) is 5.11 Å². The molecule has 1 heteroatoms. The summed E-state index contributed by atoms with van der Waals surface area (Å²) in [6.45, 7) is 19.7. The number of hydrogen-bond donors (Lipinski definition) is 1. The highest BCUT2D eigenvalue weighted by molar-refractivity contribution is 5.31. The van der Waals surface area contributed by atoms with Crippen LogP contribution in [0.5, 0.6) is 0 Å². The quantitative estimate of drug-likeness (QED) is 0.379. The van der Waals surface area contributed by atoms with E-state index in [1.165, 1.54) is 64.2 Å². The van der Waals surface area contributed by atoms with E-state index in [1.54, 1.807) is 5.57 Å². The van der Waals surface area contributed by atoms with Crippen molar-refractivity contribution in [3.05, 3.63) is 11.6 Å². The summed E-state index contributed by atoms with van der Waals surface area (Å²) in [4.78, 5) is 0. The van der Waals surface area contributed by atoms with E-state index >= 15 is 0 Å². The number of fused-ring (bicyclic) bond motifs is 5. The third-order valence-corrected chi connectivity index (χ3v) is 12.4. The highest BCUT2D eigenvalue weighted by atomic mass is 16.3. The van der Waals surface area contributed by atoms with Gasteiger partial charge in [-0.1, -0.05) is 92.7 Å². The molecule has 1 unspecified atom stereocenters. The third kappa shape index (κ3) is 4.19. The molecule has 0 amide bonds.